The Morgan fingerprint density at radius 2 is 1.52 bits per heavy atom. The van der Waals surface area contributed by atoms with E-state index in [2.05, 4.69) is 16.0 Å². The van der Waals surface area contributed by atoms with Crippen LogP contribution >= 0.6 is 0 Å². The van der Waals surface area contributed by atoms with Gasteiger partial charge in [-0.15, -0.1) is 0 Å². The SMILES string of the molecule is CCC(C)C(NC(=O)C(N)CCCCN)C(=O)NC(CO)C(=O)NC(CCC(N)=O)C(=O)O. The number of carboxylic acid groups (broad SMARTS) is 1. The zero-order valence-electron chi connectivity index (χ0n) is 19.2. The average molecular weight is 475 g/mol. The van der Waals surface area contributed by atoms with Crippen molar-refractivity contribution in [1.29, 1.82) is 0 Å². The second kappa shape index (κ2) is 15.9. The molecule has 0 heterocycles. The molecular formula is C20H38N6O7. The van der Waals surface area contributed by atoms with E-state index in [4.69, 9.17) is 17.2 Å². The van der Waals surface area contributed by atoms with Gasteiger partial charge in [0, 0.05) is 6.42 Å². The van der Waals surface area contributed by atoms with Crippen LogP contribution in [0.1, 0.15) is 52.4 Å². The van der Waals surface area contributed by atoms with Gasteiger partial charge in [-0.1, -0.05) is 26.7 Å². The summed E-state index contributed by atoms with van der Waals surface area (Å²) in [5.41, 5.74) is 16.3. The molecule has 0 aliphatic carbocycles. The smallest absolute Gasteiger partial charge is 0.326 e. The maximum Gasteiger partial charge on any atom is 0.326 e. The Labute approximate surface area is 193 Å². The zero-order valence-corrected chi connectivity index (χ0v) is 19.2. The van der Waals surface area contributed by atoms with Gasteiger partial charge in [0.2, 0.25) is 23.6 Å². The topological polar surface area (TPSA) is 240 Å². The zero-order chi connectivity index (χ0) is 25.6. The number of rotatable bonds is 17. The van der Waals surface area contributed by atoms with E-state index in [0.29, 0.717) is 32.2 Å². The molecule has 5 unspecified atom stereocenters. The van der Waals surface area contributed by atoms with Crippen LogP contribution in [0.3, 0.4) is 0 Å². The Hall–Kier alpha value is -2.77. The van der Waals surface area contributed by atoms with Gasteiger partial charge in [-0.2, -0.15) is 0 Å². The lowest BCUT2D eigenvalue weighted by atomic mass is 9.97. The minimum absolute atomic E-state index is 0.254. The molecule has 5 atom stereocenters. The van der Waals surface area contributed by atoms with E-state index in [0.717, 1.165) is 0 Å². The Morgan fingerprint density at radius 3 is 2.00 bits per heavy atom. The molecule has 0 saturated carbocycles. The fourth-order valence-corrected chi connectivity index (χ4v) is 2.87. The summed E-state index contributed by atoms with van der Waals surface area (Å²) in [6.07, 6.45) is 1.74. The number of carbonyl (C=O) groups excluding carboxylic acids is 4. The highest BCUT2D eigenvalue weighted by Gasteiger charge is 2.32. The van der Waals surface area contributed by atoms with Crippen LogP contribution in [-0.2, 0) is 24.0 Å². The number of hydrogen-bond donors (Lipinski definition) is 8. The maximum atomic E-state index is 12.8. The van der Waals surface area contributed by atoms with E-state index in [9.17, 15) is 34.2 Å². The minimum atomic E-state index is -1.48. The summed E-state index contributed by atoms with van der Waals surface area (Å²) in [6.45, 7) is 3.19. The molecule has 0 saturated heterocycles. The molecule has 0 aliphatic heterocycles. The van der Waals surface area contributed by atoms with Gasteiger partial charge in [0.15, 0.2) is 0 Å². The molecule has 0 fully saturated rings. The molecule has 4 amide bonds. The molecule has 33 heavy (non-hydrogen) atoms. The number of nitrogens with one attached hydrogen (secondary N) is 3. The monoisotopic (exact) mass is 474 g/mol. The van der Waals surface area contributed by atoms with E-state index >= 15 is 0 Å². The summed E-state index contributed by atoms with van der Waals surface area (Å²) in [4.78, 5) is 59.9. The van der Waals surface area contributed by atoms with Crippen LogP contribution in [0.4, 0.5) is 0 Å². The average Bonchev–Trinajstić information content (AvgIpc) is 2.76. The van der Waals surface area contributed by atoms with Crippen molar-refractivity contribution in [2.75, 3.05) is 13.2 Å². The van der Waals surface area contributed by atoms with E-state index in [1.54, 1.807) is 6.92 Å². The molecule has 190 valence electrons. The number of aliphatic carboxylic acids is 1. The first kappa shape index (κ1) is 30.2. The van der Waals surface area contributed by atoms with Crippen molar-refractivity contribution >= 4 is 29.6 Å². The number of nitrogens with two attached hydrogens (primary N) is 3. The molecule has 0 radical (unpaired) electrons. The molecule has 0 rings (SSSR count). The van der Waals surface area contributed by atoms with Crippen LogP contribution in [0, 0.1) is 5.92 Å². The third-order valence-electron chi connectivity index (χ3n) is 5.21. The minimum Gasteiger partial charge on any atom is -0.480 e. The van der Waals surface area contributed by atoms with Crippen molar-refractivity contribution in [1.82, 2.24) is 16.0 Å². The van der Waals surface area contributed by atoms with Gasteiger partial charge in [-0.3, -0.25) is 19.2 Å². The lowest BCUT2D eigenvalue weighted by molar-refractivity contribution is -0.143. The fourth-order valence-electron chi connectivity index (χ4n) is 2.87. The predicted octanol–water partition coefficient (Wildman–Crippen LogP) is -2.71. The summed E-state index contributed by atoms with van der Waals surface area (Å²) in [5, 5.41) is 25.9. The first-order chi connectivity index (χ1) is 15.5. The molecular weight excluding hydrogens is 436 g/mol. The molecule has 0 bridgehead atoms. The number of unbranched alkanes of at least 4 members (excludes halogenated alkanes) is 1. The second-order valence-electron chi connectivity index (χ2n) is 7.91. The van der Waals surface area contributed by atoms with Crippen molar-refractivity contribution in [2.45, 2.75) is 76.5 Å². The second-order valence-corrected chi connectivity index (χ2v) is 7.91. The van der Waals surface area contributed by atoms with Crippen LogP contribution in [0.5, 0.6) is 0 Å². The lowest BCUT2D eigenvalue weighted by Crippen LogP contribution is -2.59. The quantitative estimate of drug-likeness (QED) is 0.102. The standard InChI is InChI=1S/C20H38N6O7/c1-3-11(2)16(26-17(29)12(22)6-4-5-9-21)19(31)25-14(10-27)18(30)24-13(20(32)33)7-8-15(23)28/h11-14,16,27H,3-10,21-22H2,1-2H3,(H2,23,28)(H,24,30)(H,25,31)(H,26,29)(H,32,33). The highest BCUT2D eigenvalue weighted by molar-refractivity contribution is 5.94. The number of amides is 4. The van der Waals surface area contributed by atoms with Crippen molar-refractivity contribution < 1.29 is 34.2 Å². The van der Waals surface area contributed by atoms with Crippen molar-refractivity contribution in [3.63, 3.8) is 0 Å². The van der Waals surface area contributed by atoms with Crippen LogP contribution in [0.25, 0.3) is 0 Å². The number of aliphatic hydroxyl groups excluding tert-OH is 1. The molecule has 0 spiro atoms. The van der Waals surface area contributed by atoms with Gasteiger partial charge in [0.05, 0.1) is 12.6 Å². The van der Waals surface area contributed by atoms with Gasteiger partial charge in [0.1, 0.15) is 18.1 Å². The Bertz CT molecular complexity index is 675. The van der Waals surface area contributed by atoms with Gasteiger partial charge in [-0.25, -0.2) is 4.79 Å². The fraction of sp³-hybridized carbons (Fsp3) is 0.750. The summed E-state index contributed by atoms with van der Waals surface area (Å²) < 4.78 is 0. The number of carbonyl (C=O) groups is 5. The highest BCUT2D eigenvalue weighted by atomic mass is 16.4. The van der Waals surface area contributed by atoms with Crippen molar-refractivity contribution in [2.24, 2.45) is 23.1 Å². The van der Waals surface area contributed by atoms with Crippen LogP contribution in [-0.4, -0.2) is 77.1 Å². The summed E-state index contributed by atoms with van der Waals surface area (Å²) >= 11 is 0. The number of carboxylic acids is 1. The largest absolute Gasteiger partial charge is 0.480 e. The molecule has 11 N–H and O–H groups in total. The molecule has 13 heteroatoms. The molecule has 0 aliphatic rings. The van der Waals surface area contributed by atoms with E-state index in [1.165, 1.54) is 0 Å². The molecule has 13 nitrogen and oxygen atoms in total. The molecule has 0 aromatic rings. The Morgan fingerprint density at radius 1 is 0.909 bits per heavy atom. The van der Waals surface area contributed by atoms with Gasteiger partial charge >= 0.3 is 5.97 Å². The van der Waals surface area contributed by atoms with E-state index in [-0.39, 0.29) is 18.8 Å². The summed E-state index contributed by atoms with van der Waals surface area (Å²) in [6, 6.07) is -4.79. The third kappa shape index (κ3) is 11.6. The summed E-state index contributed by atoms with van der Waals surface area (Å²) in [5.74, 6) is -4.69. The van der Waals surface area contributed by atoms with Gasteiger partial charge in [-0.05, 0) is 31.7 Å². The third-order valence-corrected chi connectivity index (χ3v) is 5.21. The lowest BCUT2D eigenvalue weighted by Gasteiger charge is -2.27. The normalized spacial score (nSPS) is 15.4. The number of primary amides is 1. The maximum absolute atomic E-state index is 12.8. The number of aliphatic hydroxyl groups is 1. The van der Waals surface area contributed by atoms with Crippen molar-refractivity contribution in [3.8, 4) is 0 Å². The highest BCUT2D eigenvalue weighted by Crippen LogP contribution is 2.10. The summed E-state index contributed by atoms with van der Waals surface area (Å²) in [7, 11) is 0. The Balaban J connectivity index is 5.21. The van der Waals surface area contributed by atoms with Crippen LogP contribution in [0.15, 0.2) is 0 Å². The first-order valence-corrected chi connectivity index (χ1v) is 11.0. The van der Waals surface area contributed by atoms with E-state index in [1.807, 2.05) is 6.92 Å². The Kier molecular flexibility index (Phi) is 14.6. The predicted molar refractivity (Wildman–Crippen MR) is 119 cm³/mol. The first-order valence-electron chi connectivity index (χ1n) is 11.0. The van der Waals surface area contributed by atoms with E-state index < -0.39 is 60.4 Å². The van der Waals surface area contributed by atoms with Gasteiger partial charge in [0.25, 0.3) is 0 Å². The molecule has 0 aromatic heterocycles. The molecule has 0 aromatic carbocycles. The van der Waals surface area contributed by atoms with Crippen LogP contribution < -0.4 is 33.2 Å². The number of hydrogen-bond acceptors (Lipinski definition) is 8. The van der Waals surface area contributed by atoms with Gasteiger partial charge < -0.3 is 43.4 Å². The van der Waals surface area contributed by atoms with Crippen LogP contribution in [0.2, 0.25) is 0 Å². The van der Waals surface area contributed by atoms with Crippen molar-refractivity contribution in [3.05, 3.63) is 0 Å².